The molecule has 0 amide bonds. The molecule has 0 aromatic heterocycles. The molecule has 1 N–H and O–H groups in total. The SMILES string of the molecule is CC(CO)C1CCc2cccc(Cl)c21. The van der Waals surface area contributed by atoms with Gasteiger partial charge in [-0.15, -0.1) is 0 Å². The molecule has 2 heteroatoms. The highest BCUT2D eigenvalue weighted by Gasteiger charge is 2.28. The molecule has 0 heterocycles. The Kier molecular flexibility index (Phi) is 2.80. The minimum atomic E-state index is 0.245. The van der Waals surface area contributed by atoms with E-state index in [1.807, 2.05) is 12.1 Å². The summed E-state index contributed by atoms with van der Waals surface area (Å²) < 4.78 is 0. The summed E-state index contributed by atoms with van der Waals surface area (Å²) in [6, 6.07) is 6.10. The Morgan fingerprint density at radius 3 is 3.07 bits per heavy atom. The average molecular weight is 211 g/mol. The van der Waals surface area contributed by atoms with Crippen molar-refractivity contribution < 1.29 is 5.11 Å². The Balaban J connectivity index is 2.38. The predicted octanol–water partition coefficient (Wildman–Crippen LogP) is 3.00. The molecule has 0 spiro atoms. The normalized spacial score (nSPS) is 22.1. The molecule has 0 saturated heterocycles. The standard InChI is InChI=1S/C12H15ClO/c1-8(7-14)10-6-5-9-3-2-4-11(13)12(9)10/h2-4,8,10,14H,5-7H2,1H3. The van der Waals surface area contributed by atoms with Crippen LogP contribution < -0.4 is 0 Å². The molecule has 0 saturated carbocycles. The number of fused-ring (bicyclic) bond motifs is 1. The van der Waals surface area contributed by atoms with Crippen molar-refractivity contribution in [1.82, 2.24) is 0 Å². The molecule has 1 aliphatic carbocycles. The minimum absolute atomic E-state index is 0.245. The minimum Gasteiger partial charge on any atom is -0.396 e. The molecule has 1 aromatic carbocycles. The van der Waals surface area contributed by atoms with Crippen LogP contribution in [0.3, 0.4) is 0 Å². The van der Waals surface area contributed by atoms with Gasteiger partial charge in [0.2, 0.25) is 0 Å². The lowest BCUT2D eigenvalue weighted by molar-refractivity contribution is 0.215. The van der Waals surface area contributed by atoms with E-state index in [-0.39, 0.29) is 6.61 Å². The fourth-order valence-corrected chi connectivity index (χ4v) is 2.70. The first-order chi connectivity index (χ1) is 6.74. The summed E-state index contributed by atoms with van der Waals surface area (Å²) in [5.41, 5.74) is 2.64. The Labute approximate surface area is 89.7 Å². The summed E-state index contributed by atoms with van der Waals surface area (Å²) >= 11 is 6.18. The molecule has 0 radical (unpaired) electrons. The second-order valence-corrected chi connectivity index (χ2v) is 4.52. The van der Waals surface area contributed by atoms with Gasteiger partial charge in [-0.05, 0) is 41.9 Å². The molecule has 0 fully saturated rings. The smallest absolute Gasteiger partial charge is 0.0462 e. The molecule has 14 heavy (non-hydrogen) atoms. The van der Waals surface area contributed by atoms with E-state index in [0.29, 0.717) is 11.8 Å². The van der Waals surface area contributed by atoms with E-state index >= 15 is 0 Å². The Bertz CT molecular complexity index is 335. The van der Waals surface area contributed by atoms with Gasteiger partial charge in [0.1, 0.15) is 0 Å². The fraction of sp³-hybridized carbons (Fsp3) is 0.500. The molecule has 0 aliphatic heterocycles. The van der Waals surface area contributed by atoms with Crippen LogP contribution in [0.15, 0.2) is 18.2 Å². The van der Waals surface area contributed by atoms with E-state index < -0.39 is 0 Å². The van der Waals surface area contributed by atoms with Crippen molar-refractivity contribution in [2.45, 2.75) is 25.7 Å². The Morgan fingerprint density at radius 2 is 2.36 bits per heavy atom. The van der Waals surface area contributed by atoms with Gasteiger partial charge in [-0.3, -0.25) is 0 Å². The van der Waals surface area contributed by atoms with Crippen LogP contribution in [0.1, 0.15) is 30.4 Å². The predicted molar refractivity (Wildman–Crippen MR) is 58.8 cm³/mol. The monoisotopic (exact) mass is 210 g/mol. The molecule has 2 atom stereocenters. The van der Waals surface area contributed by atoms with E-state index in [9.17, 15) is 0 Å². The third-order valence-electron chi connectivity index (χ3n) is 3.21. The van der Waals surface area contributed by atoms with E-state index in [1.54, 1.807) is 0 Å². The van der Waals surface area contributed by atoms with Crippen molar-refractivity contribution in [3.05, 3.63) is 34.3 Å². The number of hydrogen-bond acceptors (Lipinski definition) is 1. The number of aliphatic hydroxyl groups excluding tert-OH is 1. The lowest BCUT2D eigenvalue weighted by Gasteiger charge is -2.18. The Hall–Kier alpha value is -0.530. The van der Waals surface area contributed by atoms with Gasteiger partial charge < -0.3 is 5.11 Å². The van der Waals surface area contributed by atoms with Crippen LogP contribution in [-0.4, -0.2) is 11.7 Å². The van der Waals surface area contributed by atoms with Crippen molar-refractivity contribution in [1.29, 1.82) is 0 Å². The van der Waals surface area contributed by atoms with Gasteiger partial charge >= 0.3 is 0 Å². The lowest BCUT2D eigenvalue weighted by atomic mass is 9.89. The fourth-order valence-electron chi connectivity index (χ4n) is 2.37. The van der Waals surface area contributed by atoms with Crippen LogP contribution in [0.2, 0.25) is 5.02 Å². The topological polar surface area (TPSA) is 20.2 Å². The number of hydrogen-bond donors (Lipinski definition) is 1. The largest absolute Gasteiger partial charge is 0.396 e. The maximum Gasteiger partial charge on any atom is 0.0462 e. The Morgan fingerprint density at radius 1 is 1.57 bits per heavy atom. The van der Waals surface area contributed by atoms with Gasteiger partial charge in [-0.1, -0.05) is 30.7 Å². The third kappa shape index (κ3) is 1.55. The highest BCUT2D eigenvalue weighted by Crippen LogP contribution is 2.41. The van der Waals surface area contributed by atoms with E-state index in [1.165, 1.54) is 11.1 Å². The number of rotatable bonds is 2. The van der Waals surface area contributed by atoms with Crippen LogP contribution >= 0.6 is 11.6 Å². The molecule has 2 rings (SSSR count). The summed E-state index contributed by atoms with van der Waals surface area (Å²) in [7, 11) is 0. The first kappa shape index (κ1) is 10.0. The maximum absolute atomic E-state index is 9.17. The van der Waals surface area contributed by atoms with Crippen molar-refractivity contribution in [2.75, 3.05) is 6.61 Å². The second-order valence-electron chi connectivity index (χ2n) is 4.12. The summed E-state index contributed by atoms with van der Waals surface area (Å²) in [6.07, 6.45) is 2.23. The van der Waals surface area contributed by atoms with E-state index in [4.69, 9.17) is 16.7 Å². The van der Waals surface area contributed by atoms with Crippen molar-refractivity contribution in [3.63, 3.8) is 0 Å². The van der Waals surface area contributed by atoms with Crippen LogP contribution in [0, 0.1) is 5.92 Å². The second kappa shape index (κ2) is 3.92. The van der Waals surface area contributed by atoms with E-state index in [2.05, 4.69) is 13.0 Å². The van der Waals surface area contributed by atoms with Crippen LogP contribution in [0.4, 0.5) is 0 Å². The van der Waals surface area contributed by atoms with Gasteiger partial charge in [0, 0.05) is 11.6 Å². The highest BCUT2D eigenvalue weighted by molar-refractivity contribution is 6.31. The number of halogens is 1. The van der Waals surface area contributed by atoms with Gasteiger partial charge in [-0.2, -0.15) is 0 Å². The van der Waals surface area contributed by atoms with Crippen LogP contribution in [0.5, 0.6) is 0 Å². The maximum atomic E-state index is 9.17. The van der Waals surface area contributed by atoms with E-state index in [0.717, 1.165) is 17.9 Å². The molecule has 0 bridgehead atoms. The molecule has 1 aromatic rings. The summed E-state index contributed by atoms with van der Waals surface area (Å²) in [6.45, 7) is 2.33. The van der Waals surface area contributed by atoms with Crippen molar-refractivity contribution in [3.8, 4) is 0 Å². The van der Waals surface area contributed by atoms with Crippen molar-refractivity contribution in [2.24, 2.45) is 5.92 Å². The highest BCUT2D eigenvalue weighted by atomic mass is 35.5. The lowest BCUT2D eigenvalue weighted by Crippen LogP contribution is -2.11. The average Bonchev–Trinajstić information content (AvgIpc) is 2.62. The zero-order chi connectivity index (χ0) is 10.1. The summed E-state index contributed by atoms with van der Waals surface area (Å²) in [5, 5.41) is 10.0. The van der Waals surface area contributed by atoms with Gasteiger partial charge in [0.15, 0.2) is 0 Å². The van der Waals surface area contributed by atoms with Gasteiger partial charge in [0.25, 0.3) is 0 Å². The summed E-state index contributed by atoms with van der Waals surface area (Å²) in [4.78, 5) is 0. The molecular formula is C12H15ClO. The molecule has 1 aliphatic rings. The zero-order valence-corrected chi connectivity index (χ0v) is 9.09. The van der Waals surface area contributed by atoms with Crippen molar-refractivity contribution >= 4 is 11.6 Å². The van der Waals surface area contributed by atoms with Crippen LogP contribution in [-0.2, 0) is 6.42 Å². The zero-order valence-electron chi connectivity index (χ0n) is 8.33. The molecular weight excluding hydrogens is 196 g/mol. The molecule has 76 valence electrons. The molecule has 1 nitrogen and oxygen atoms in total. The number of aryl methyl sites for hydroxylation is 1. The first-order valence-electron chi connectivity index (χ1n) is 5.12. The van der Waals surface area contributed by atoms with Gasteiger partial charge in [0.05, 0.1) is 0 Å². The molecule has 2 unspecified atom stereocenters. The quantitative estimate of drug-likeness (QED) is 0.796. The third-order valence-corrected chi connectivity index (χ3v) is 3.54. The number of aliphatic hydroxyl groups is 1. The van der Waals surface area contributed by atoms with Gasteiger partial charge in [-0.25, -0.2) is 0 Å². The first-order valence-corrected chi connectivity index (χ1v) is 5.50. The summed E-state index contributed by atoms with van der Waals surface area (Å²) in [5.74, 6) is 0.764. The van der Waals surface area contributed by atoms with Crippen LogP contribution in [0.25, 0.3) is 0 Å². The number of benzene rings is 1.